The van der Waals surface area contributed by atoms with Crippen molar-refractivity contribution in [2.45, 2.75) is 11.6 Å². The Balaban J connectivity index is 1.73. The standard InChI is InChI=1S/C25H24N4O6/c1-28-18-12-16(32-2)10-11-17(18)25(15-8-6-5-7-9-15)22(23(31)29(25)14-21(28)30)35-24-26-19(33-3)13-20(27-24)34-4/h5-13,22H,14H2,1-4H3/t22-,25-/m1/s1. The van der Waals surface area contributed by atoms with Crippen LogP contribution in [0.15, 0.2) is 54.6 Å². The highest BCUT2D eigenvalue weighted by Crippen LogP contribution is 2.53. The quantitative estimate of drug-likeness (QED) is 0.498. The maximum absolute atomic E-state index is 13.5. The minimum atomic E-state index is -1.11. The molecule has 10 heteroatoms. The van der Waals surface area contributed by atoms with Gasteiger partial charge in [0.05, 0.1) is 33.1 Å². The minimum absolute atomic E-state index is 0.0755. The van der Waals surface area contributed by atoms with Crippen LogP contribution in [-0.2, 0) is 15.1 Å². The summed E-state index contributed by atoms with van der Waals surface area (Å²) >= 11 is 0. The molecule has 180 valence electrons. The van der Waals surface area contributed by atoms with Gasteiger partial charge in [0, 0.05) is 18.7 Å². The number of nitrogens with zero attached hydrogens (tertiary/aromatic N) is 4. The lowest BCUT2D eigenvalue weighted by molar-refractivity contribution is -0.178. The van der Waals surface area contributed by atoms with E-state index in [1.165, 1.54) is 25.2 Å². The Bertz CT molecular complexity index is 1280. The SMILES string of the molecule is COc1ccc2c(c1)N(C)C(=O)CN1C(=O)[C@@H](Oc3nc(OC)cc(OC)n3)[C@@]21c1ccccc1. The first-order valence-corrected chi connectivity index (χ1v) is 10.9. The summed E-state index contributed by atoms with van der Waals surface area (Å²) in [4.78, 5) is 38.2. The molecule has 0 spiro atoms. The van der Waals surface area contributed by atoms with Crippen LogP contribution in [0.25, 0.3) is 0 Å². The monoisotopic (exact) mass is 476 g/mol. The molecule has 0 unspecified atom stereocenters. The molecule has 2 aliphatic rings. The number of methoxy groups -OCH3 is 3. The van der Waals surface area contributed by atoms with Crippen molar-refractivity contribution >= 4 is 17.5 Å². The summed E-state index contributed by atoms with van der Waals surface area (Å²) in [7, 11) is 6.17. The second-order valence-corrected chi connectivity index (χ2v) is 8.13. The first-order valence-electron chi connectivity index (χ1n) is 10.9. The van der Waals surface area contributed by atoms with E-state index in [0.717, 1.165) is 11.1 Å². The topological polar surface area (TPSA) is 103 Å². The third-order valence-corrected chi connectivity index (χ3v) is 6.45. The summed E-state index contributed by atoms with van der Waals surface area (Å²) < 4.78 is 22.1. The van der Waals surface area contributed by atoms with E-state index in [2.05, 4.69) is 9.97 Å². The molecule has 0 bridgehead atoms. The number of carbonyl (C=O) groups is 2. The van der Waals surface area contributed by atoms with Crippen LogP contribution in [0.3, 0.4) is 0 Å². The number of likely N-dealkylation sites (N-methyl/N-ethyl adjacent to an activating group) is 1. The predicted octanol–water partition coefficient (Wildman–Crippen LogP) is 2.01. The average molecular weight is 476 g/mol. The number of benzene rings is 2. The fourth-order valence-corrected chi connectivity index (χ4v) is 4.71. The van der Waals surface area contributed by atoms with Crippen LogP contribution in [0.1, 0.15) is 11.1 Å². The molecule has 1 aromatic heterocycles. The van der Waals surface area contributed by atoms with Crippen molar-refractivity contribution in [3.8, 4) is 23.5 Å². The number of amides is 2. The Labute approximate surface area is 202 Å². The van der Waals surface area contributed by atoms with Crippen LogP contribution in [0.4, 0.5) is 5.69 Å². The third-order valence-electron chi connectivity index (χ3n) is 6.45. The van der Waals surface area contributed by atoms with E-state index < -0.39 is 11.6 Å². The zero-order chi connectivity index (χ0) is 24.7. The lowest BCUT2D eigenvalue weighted by atomic mass is 9.69. The van der Waals surface area contributed by atoms with Crippen molar-refractivity contribution in [3.05, 3.63) is 65.7 Å². The molecule has 0 aliphatic carbocycles. The Morgan fingerprint density at radius 2 is 1.60 bits per heavy atom. The summed E-state index contributed by atoms with van der Waals surface area (Å²) in [5.74, 6) is 0.451. The fraction of sp³-hybridized carbons (Fsp3) is 0.280. The van der Waals surface area contributed by atoms with Gasteiger partial charge in [-0.25, -0.2) is 0 Å². The molecular weight excluding hydrogens is 452 g/mol. The third kappa shape index (κ3) is 3.32. The van der Waals surface area contributed by atoms with Gasteiger partial charge in [0.2, 0.25) is 23.8 Å². The van der Waals surface area contributed by atoms with Crippen LogP contribution in [-0.4, -0.2) is 67.7 Å². The highest BCUT2D eigenvalue weighted by molar-refractivity contribution is 6.04. The molecule has 2 amide bonds. The van der Waals surface area contributed by atoms with Crippen molar-refractivity contribution in [1.82, 2.24) is 14.9 Å². The zero-order valence-corrected chi connectivity index (χ0v) is 19.7. The summed E-state index contributed by atoms with van der Waals surface area (Å²) in [6.45, 7) is -0.122. The van der Waals surface area contributed by atoms with Gasteiger partial charge in [0.1, 0.15) is 17.8 Å². The highest BCUT2D eigenvalue weighted by Gasteiger charge is 2.66. The Kier molecular flexibility index (Phi) is 5.43. The van der Waals surface area contributed by atoms with Crippen molar-refractivity contribution in [3.63, 3.8) is 0 Å². The van der Waals surface area contributed by atoms with E-state index in [0.29, 0.717) is 11.4 Å². The van der Waals surface area contributed by atoms with Gasteiger partial charge < -0.3 is 28.7 Å². The van der Waals surface area contributed by atoms with E-state index >= 15 is 0 Å². The Morgan fingerprint density at radius 3 is 2.23 bits per heavy atom. The second kappa shape index (κ2) is 8.46. The largest absolute Gasteiger partial charge is 0.497 e. The number of hydrogen-bond acceptors (Lipinski definition) is 8. The smallest absolute Gasteiger partial charge is 0.323 e. The summed E-state index contributed by atoms with van der Waals surface area (Å²) in [6.07, 6.45) is -1.05. The van der Waals surface area contributed by atoms with Gasteiger partial charge in [-0.05, 0) is 11.6 Å². The summed E-state index contributed by atoms with van der Waals surface area (Å²) in [6, 6.07) is 16.4. The van der Waals surface area contributed by atoms with E-state index in [1.807, 2.05) is 36.4 Å². The van der Waals surface area contributed by atoms with Gasteiger partial charge in [-0.1, -0.05) is 36.4 Å². The van der Waals surface area contributed by atoms with E-state index in [4.69, 9.17) is 18.9 Å². The molecule has 35 heavy (non-hydrogen) atoms. The number of fused-ring (bicyclic) bond motifs is 3. The minimum Gasteiger partial charge on any atom is -0.497 e. The molecule has 5 rings (SSSR count). The normalized spacial score (nSPS) is 20.9. The Morgan fingerprint density at radius 1 is 0.914 bits per heavy atom. The average Bonchev–Trinajstić information content (AvgIpc) is 2.99. The first-order chi connectivity index (χ1) is 16.9. The summed E-state index contributed by atoms with van der Waals surface area (Å²) in [5.41, 5.74) is 1.01. The van der Waals surface area contributed by atoms with Crippen LogP contribution in [0, 0.1) is 0 Å². The maximum Gasteiger partial charge on any atom is 0.323 e. The number of carbonyl (C=O) groups excluding carboxylic acids is 2. The highest BCUT2D eigenvalue weighted by atomic mass is 16.5. The number of hydrogen-bond donors (Lipinski definition) is 0. The number of rotatable bonds is 6. The lowest BCUT2D eigenvalue weighted by Crippen LogP contribution is -2.74. The van der Waals surface area contributed by atoms with Gasteiger partial charge >= 0.3 is 6.01 Å². The second-order valence-electron chi connectivity index (χ2n) is 8.13. The van der Waals surface area contributed by atoms with Crippen molar-refractivity contribution < 1.29 is 28.5 Å². The number of anilines is 1. The molecule has 3 heterocycles. The van der Waals surface area contributed by atoms with Gasteiger partial charge in [-0.2, -0.15) is 9.97 Å². The molecular formula is C25H24N4O6. The molecule has 10 nitrogen and oxygen atoms in total. The van der Waals surface area contributed by atoms with E-state index in [-0.39, 0.29) is 36.1 Å². The number of aromatic nitrogens is 2. The van der Waals surface area contributed by atoms with Crippen LogP contribution >= 0.6 is 0 Å². The molecule has 2 aromatic carbocycles. The summed E-state index contributed by atoms with van der Waals surface area (Å²) in [5, 5.41) is 0. The molecule has 2 atom stereocenters. The molecule has 1 saturated heterocycles. The molecule has 0 radical (unpaired) electrons. The number of ether oxygens (including phenoxy) is 4. The van der Waals surface area contributed by atoms with Gasteiger partial charge in [-0.15, -0.1) is 0 Å². The zero-order valence-electron chi connectivity index (χ0n) is 19.7. The van der Waals surface area contributed by atoms with Crippen LogP contribution < -0.4 is 23.8 Å². The number of β-lactam (4-membered cyclic amide) rings is 1. The lowest BCUT2D eigenvalue weighted by Gasteiger charge is -2.55. The van der Waals surface area contributed by atoms with Gasteiger partial charge in [0.25, 0.3) is 5.91 Å². The Hall–Kier alpha value is -4.34. The van der Waals surface area contributed by atoms with Crippen molar-refractivity contribution in [2.24, 2.45) is 0 Å². The molecule has 3 aromatic rings. The van der Waals surface area contributed by atoms with Crippen molar-refractivity contribution in [1.29, 1.82) is 0 Å². The maximum atomic E-state index is 13.5. The molecule has 0 saturated carbocycles. The first kappa shape index (κ1) is 22.5. The van der Waals surface area contributed by atoms with Crippen molar-refractivity contribution in [2.75, 3.05) is 39.8 Å². The predicted molar refractivity (Wildman–Crippen MR) is 125 cm³/mol. The van der Waals surface area contributed by atoms with Crippen LogP contribution in [0.2, 0.25) is 0 Å². The van der Waals surface area contributed by atoms with Gasteiger partial charge in [0.15, 0.2) is 0 Å². The molecule has 0 N–H and O–H groups in total. The van der Waals surface area contributed by atoms with Gasteiger partial charge in [-0.3, -0.25) is 9.59 Å². The van der Waals surface area contributed by atoms with E-state index in [9.17, 15) is 9.59 Å². The van der Waals surface area contributed by atoms with E-state index in [1.54, 1.807) is 31.2 Å². The van der Waals surface area contributed by atoms with Crippen LogP contribution in [0.5, 0.6) is 23.5 Å². The fourth-order valence-electron chi connectivity index (χ4n) is 4.71. The molecule has 1 fully saturated rings. The molecule has 2 aliphatic heterocycles.